The van der Waals surface area contributed by atoms with Gasteiger partial charge in [0.2, 0.25) is 5.91 Å². The molecule has 1 amide bonds. The summed E-state index contributed by atoms with van der Waals surface area (Å²) in [5, 5.41) is 6.01. The average molecular weight is 142 g/mol. The summed E-state index contributed by atoms with van der Waals surface area (Å²) in [5.74, 6) is 0.153. The van der Waals surface area contributed by atoms with Crippen molar-refractivity contribution in [2.24, 2.45) is 0 Å². The zero-order valence-electron chi connectivity index (χ0n) is 6.31. The zero-order chi connectivity index (χ0) is 7.40. The molecule has 1 rings (SSSR count). The highest BCUT2D eigenvalue weighted by Crippen LogP contribution is 1.94. The lowest BCUT2D eigenvalue weighted by Crippen LogP contribution is -2.40. The Hall–Kier alpha value is -0.570. The first-order valence-corrected chi connectivity index (χ1v) is 3.85. The minimum Gasteiger partial charge on any atom is -0.355 e. The maximum atomic E-state index is 11.1. The number of nitrogens with one attached hydrogen (secondary N) is 2. The molecule has 2 N–H and O–H groups in total. The van der Waals surface area contributed by atoms with Crippen LogP contribution < -0.4 is 10.6 Å². The normalized spacial score (nSPS) is 27.3. The van der Waals surface area contributed by atoms with E-state index < -0.39 is 0 Å². The molecule has 1 aliphatic heterocycles. The van der Waals surface area contributed by atoms with Crippen LogP contribution >= 0.6 is 0 Å². The summed E-state index contributed by atoms with van der Waals surface area (Å²) < 4.78 is 0. The molecule has 3 nitrogen and oxygen atoms in total. The largest absolute Gasteiger partial charge is 0.355 e. The van der Waals surface area contributed by atoms with Gasteiger partial charge in [-0.25, -0.2) is 0 Å². The molecule has 0 unspecified atom stereocenters. The Bertz CT molecular complexity index is 125. The van der Waals surface area contributed by atoms with Crippen LogP contribution in [0.3, 0.4) is 0 Å². The van der Waals surface area contributed by atoms with Crippen LogP contribution in [0, 0.1) is 0 Å². The van der Waals surface area contributed by atoms with E-state index in [1.54, 1.807) is 0 Å². The molecule has 0 aliphatic carbocycles. The highest BCUT2D eigenvalue weighted by Gasteiger charge is 2.16. The SMILES string of the molecule is CC[C@@H]1NCCCNC1=O. The number of hydrogen-bond donors (Lipinski definition) is 2. The third kappa shape index (κ3) is 1.70. The van der Waals surface area contributed by atoms with Crippen LogP contribution in [0.25, 0.3) is 0 Å². The zero-order valence-corrected chi connectivity index (χ0v) is 6.31. The molecule has 0 radical (unpaired) electrons. The Morgan fingerprint density at radius 2 is 2.40 bits per heavy atom. The Labute approximate surface area is 61.2 Å². The molecule has 10 heavy (non-hydrogen) atoms. The molecule has 58 valence electrons. The van der Waals surface area contributed by atoms with Gasteiger partial charge in [0.15, 0.2) is 0 Å². The van der Waals surface area contributed by atoms with Gasteiger partial charge in [0.05, 0.1) is 6.04 Å². The Morgan fingerprint density at radius 1 is 1.60 bits per heavy atom. The third-order valence-corrected chi connectivity index (χ3v) is 1.77. The van der Waals surface area contributed by atoms with Gasteiger partial charge in [-0.15, -0.1) is 0 Å². The van der Waals surface area contributed by atoms with Crippen LogP contribution in [0.4, 0.5) is 0 Å². The highest BCUT2D eigenvalue weighted by molar-refractivity contribution is 5.81. The fourth-order valence-corrected chi connectivity index (χ4v) is 1.12. The summed E-state index contributed by atoms with van der Waals surface area (Å²) in [6.07, 6.45) is 1.92. The Balaban J connectivity index is 2.43. The molecule has 0 saturated carbocycles. The van der Waals surface area contributed by atoms with E-state index in [0.717, 1.165) is 25.9 Å². The van der Waals surface area contributed by atoms with Crippen molar-refractivity contribution in [2.75, 3.05) is 13.1 Å². The second-order valence-electron chi connectivity index (χ2n) is 2.56. The fraction of sp³-hybridized carbons (Fsp3) is 0.857. The van der Waals surface area contributed by atoms with Crippen LogP contribution in [-0.4, -0.2) is 25.0 Å². The van der Waals surface area contributed by atoms with Crippen molar-refractivity contribution in [1.29, 1.82) is 0 Å². The van der Waals surface area contributed by atoms with Gasteiger partial charge in [-0.05, 0) is 19.4 Å². The standard InChI is InChI=1S/C7H14N2O/c1-2-6-7(10)9-5-3-4-8-6/h6,8H,2-5H2,1H3,(H,9,10)/t6-/m0/s1. The first-order valence-electron chi connectivity index (χ1n) is 3.85. The molecule has 1 aliphatic rings. The van der Waals surface area contributed by atoms with E-state index in [0.29, 0.717) is 0 Å². The Kier molecular flexibility index (Phi) is 2.68. The molecule has 0 aromatic carbocycles. The quantitative estimate of drug-likeness (QED) is 0.535. The van der Waals surface area contributed by atoms with Crippen molar-refractivity contribution < 1.29 is 4.79 Å². The summed E-state index contributed by atoms with van der Waals surface area (Å²) in [6.45, 7) is 3.79. The molecule has 1 fully saturated rings. The summed E-state index contributed by atoms with van der Waals surface area (Å²) in [7, 11) is 0. The molecular formula is C7H14N2O. The maximum Gasteiger partial charge on any atom is 0.237 e. The monoisotopic (exact) mass is 142 g/mol. The fourth-order valence-electron chi connectivity index (χ4n) is 1.12. The first-order chi connectivity index (χ1) is 4.84. The molecule has 1 heterocycles. The van der Waals surface area contributed by atoms with E-state index in [1.807, 2.05) is 6.92 Å². The van der Waals surface area contributed by atoms with Gasteiger partial charge in [-0.3, -0.25) is 4.79 Å². The number of hydrogen-bond acceptors (Lipinski definition) is 2. The van der Waals surface area contributed by atoms with Crippen molar-refractivity contribution in [3.63, 3.8) is 0 Å². The van der Waals surface area contributed by atoms with Crippen LogP contribution in [0.15, 0.2) is 0 Å². The van der Waals surface area contributed by atoms with Gasteiger partial charge in [-0.1, -0.05) is 6.92 Å². The van der Waals surface area contributed by atoms with E-state index in [4.69, 9.17) is 0 Å². The first kappa shape index (κ1) is 7.54. The summed E-state index contributed by atoms with van der Waals surface area (Å²) in [6, 6.07) is 0.0440. The third-order valence-electron chi connectivity index (χ3n) is 1.77. The van der Waals surface area contributed by atoms with E-state index in [2.05, 4.69) is 10.6 Å². The van der Waals surface area contributed by atoms with E-state index >= 15 is 0 Å². The maximum absolute atomic E-state index is 11.1. The van der Waals surface area contributed by atoms with Gasteiger partial charge in [0.25, 0.3) is 0 Å². The summed E-state index contributed by atoms with van der Waals surface area (Å²) >= 11 is 0. The molecular weight excluding hydrogens is 128 g/mol. The number of carbonyl (C=O) groups is 1. The van der Waals surface area contributed by atoms with Gasteiger partial charge >= 0.3 is 0 Å². The van der Waals surface area contributed by atoms with Crippen LogP contribution in [0.1, 0.15) is 19.8 Å². The van der Waals surface area contributed by atoms with E-state index in [-0.39, 0.29) is 11.9 Å². The molecule has 0 bridgehead atoms. The summed E-state index contributed by atoms with van der Waals surface area (Å²) in [4.78, 5) is 11.1. The van der Waals surface area contributed by atoms with Crippen LogP contribution in [-0.2, 0) is 4.79 Å². The van der Waals surface area contributed by atoms with E-state index in [1.165, 1.54) is 0 Å². The lowest BCUT2D eigenvalue weighted by molar-refractivity contribution is -0.122. The predicted molar refractivity (Wildman–Crippen MR) is 39.7 cm³/mol. The average Bonchev–Trinajstić information content (AvgIpc) is 2.13. The van der Waals surface area contributed by atoms with Crippen molar-refractivity contribution in [1.82, 2.24) is 10.6 Å². The van der Waals surface area contributed by atoms with Gasteiger partial charge < -0.3 is 10.6 Å². The lowest BCUT2D eigenvalue weighted by Gasteiger charge is -2.10. The molecule has 1 saturated heterocycles. The molecule has 0 aromatic rings. The van der Waals surface area contributed by atoms with Crippen molar-refractivity contribution in [3.8, 4) is 0 Å². The van der Waals surface area contributed by atoms with Gasteiger partial charge in [-0.2, -0.15) is 0 Å². The molecule has 3 heteroatoms. The number of rotatable bonds is 1. The lowest BCUT2D eigenvalue weighted by atomic mass is 10.2. The highest BCUT2D eigenvalue weighted by atomic mass is 16.2. The molecule has 0 spiro atoms. The van der Waals surface area contributed by atoms with Gasteiger partial charge in [0, 0.05) is 6.54 Å². The van der Waals surface area contributed by atoms with Crippen molar-refractivity contribution in [3.05, 3.63) is 0 Å². The van der Waals surface area contributed by atoms with Gasteiger partial charge in [0.1, 0.15) is 0 Å². The smallest absolute Gasteiger partial charge is 0.237 e. The number of carbonyl (C=O) groups excluding carboxylic acids is 1. The van der Waals surface area contributed by atoms with Crippen molar-refractivity contribution in [2.45, 2.75) is 25.8 Å². The topological polar surface area (TPSA) is 41.1 Å². The molecule has 1 atom stereocenters. The predicted octanol–water partition coefficient (Wildman–Crippen LogP) is -0.126. The minimum atomic E-state index is 0.0440. The summed E-state index contributed by atoms with van der Waals surface area (Å²) in [5.41, 5.74) is 0. The second kappa shape index (κ2) is 3.56. The molecule has 0 aromatic heterocycles. The second-order valence-corrected chi connectivity index (χ2v) is 2.56. The van der Waals surface area contributed by atoms with E-state index in [9.17, 15) is 4.79 Å². The van der Waals surface area contributed by atoms with Crippen LogP contribution in [0.2, 0.25) is 0 Å². The van der Waals surface area contributed by atoms with Crippen molar-refractivity contribution >= 4 is 5.91 Å². The minimum absolute atomic E-state index is 0.0440. The number of amides is 1. The van der Waals surface area contributed by atoms with Crippen LogP contribution in [0.5, 0.6) is 0 Å². The Morgan fingerprint density at radius 3 is 3.10 bits per heavy atom.